The average molecular weight is 251 g/mol. The molecule has 0 aliphatic carbocycles. The third-order valence-electron chi connectivity index (χ3n) is 2.87. The summed E-state index contributed by atoms with van der Waals surface area (Å²) in [5.41, 5.74) is 0.912. The second kappa shape index (κ2) is 6.52. The van der Waals surface area contributed by atoms with Crippen LogP contribution >= 0.6 is 0 Å². The topological polar surface area (TPSA) is 23.4 Å². The standard InChI is InChI=1S/C14H18FNO2/c1-17-9-3-10-18-11-8-16-7-6-12-13(15)4-2-5-14(12)16/h2,4-7H,3,8-11H2,1H3. The molecule has 4 heteroatoms. The lowest BCUT2D eigenvalue weighted by atomic mass is 10.2. The lowest BCUT2D eigenvalue weighted by Gasteiger charge is -2.06. The largest absolute Gasteiger partial charge is 0.385 e. The van der Waals surface area contributed by atoms with Gasteiger partial charge in [0.2, 0.25) is 0 Å². The number of hydrogen-bond donors (Lipinski definition) is 0. The van der Waals surface area contributed by atoms with E-state index < -0.39 is 0 Å². The molecule has 0 spiro atoms. The molecule has 0 radical (unpaired) electrons. The van der Waals surface area contributed by atoms with Gasteiger partial charge in [-0.1, -0.05) is 6.07 Å². The summed E-state index contributed by atoms with van der Waals surface area (Å²) in [5.74, 6) is -0.174. The van der Waals surface area contributed by atoms with Crippen molar-refractivity contribution in [1.29, 1.82) is 0 Å². The van der Waals surface area contributed by atoms with Gasteiger partial charge in [0.05, 0.1) is 12.1 Å². The van der Waals surface area contributed by atoms with Crippen LogP contribution in [0.1, 0.15) is 6.42 Å². The molecule has 0 unspecified atom stereocenters. The lowest BCUT2D eigenvalue weighted by molar-refractivity contribution is 0.0982. The Labute approximate surface area is 106 Å². The number of benzene rings is 1. The molecule has 0 bridgehead atoms. The molecule has 18 heavy (non-hydrogen) atoms. The molecule has 1 aromatic carbocycles. The van der Waals surface area contributed by atoms with Crippen LogP contribution in [-0.4, -0.2) is 31.5 Å². The fourth-order valence-electron chi connectivity index (χ4n) is 1.95. The van der Waals surface area contributed by atoms with Crippen molar-refractivity contribution in [2.24, 2.45) is 0 Å². The van der Waals surface area contributed by atoms with Crippen LogP contribution in [0.2, 0.25) is 0 Å². The van der Waals surface area contributed by atoms with Gasteiger partial charge < -0.3 is 14.0 Å². The molecule has 1 aromatic heterocycles. The van der Waals surface area contributed by atoms with E-state index in [0.717, 1.165) is 25.1 Å². The molecule has 0 aliphatic heterocycles. The van der Waals surface area contributed by atoms with Crippen LogP contribution in [0.3, 0.4) is 0 Å². The minimum atomic E-state index is -0.174. The van der Waals surface area contributed by atoms with Crippen LogP contribution in [-0.2, 0) is 16.0 Å². The van der Waals surface area contributed by atoms with E-state index in [1.165, 1.54) is 6.07 Å². The summed E-state index contributed by atoms with van der Waals surface area (Å²) in [6, 6.07) is 6.93. The number of fused-ring (bicyclic) bond motifs is 1. The van der Waals surface area contributed by atoms with E-state index in [0.29, 0.717) is 18.6 Å². The smallest absolute Gasteiger partial charge is 0.132 e. The first-order valence-corrected chi connectivity index (χ1v) is 6.13. The Hall–Kier alpha value is -1.39. The van der Waals surface area contributed by atoms with Crippen molar-refractivity contribution in [3.8, 4) is 0 Å². The van der Waals surface area contributed by atoms with E-state index in [2.05, 4.69) is 0 Å². The zero-order chi connectivity index (χ0) is 12.8. The molecule has 0 atom stereocenters. The third kappa shape index (κ3) is 3.09. The first-order chi connectivity index (χ1) is 8.83. The lowest BCUT2D eigenvalue weighted by Crippen LogP contribution is -2.07. The predicted molar refractivity (Wildman–Crippen MR) is 69.2 cm³/mol. The summed E-state index contributed by atoms with van der Waals surface area (Å²) in [5, 5.41) is 0.664. The fourth-order valence-corrected chi connectivity index (χ4v) is 1.95. The Morgan fingerprint density at radius 1 is 1.17 bits per heavy atom. The maximum atomic E-state index is 13.5. The number of halogens is 1. The maximum Gasteiger partial charge on any atom is 0.132 e. The van der Waals surface area contributed by atoms with Gasteiger partial charge in [0, 0.05) is 38.5 Å². The third-order valence-corrected chi connectivity index (χ3v) is 2.87. The van der Waals surface area contributed by atoms with Gasteiger partial charge in [-0.15, -0.1) is 0 Å². The summed E-state index contributed by atoms with van der Waals surface area (Å²) in [6.45, 7) is 2.78. The van der Waals surface area contributed by atoms with E-state index in [1.54, 1.807) is 19.2 Å². The molecular weight excluding hydrogens is 233 g/mol. The molecule has 3 nitrogen and oxygen atoms in total. The first kappa shape index (κ1) is 13.1. The second-order valence-corrected chi connectivity index (χ2v) is 4.14. The van der Waals surface area contributed by atoms with Gasteiger partial charge in [-0.05, 0) is 24.6 Å². The Morgan fingerprint density at radius 2 is 2.06 bits per heavy atom. The maximum absolute atomic E-state index is 13.5. The molecule has 98 valence electrons. The second-order valence-electron chi connectivity index (χ2n) is 4.14. The molecule has 0 aliphatic rings. The van der Waals surface area contributed by atoms with Crippen LogP contribution in [0.5, 0.6) is 0 Å². The molecular formula is C14H18FNO2. The molecule has 1 heterocycles. The van der Waals surface area contributed by atoms with Crippen LogP contribution in [0.4, 0.5) is 4.39 Å². The Balaban J connectivity index is 1.86. The van der Waals surface area contributed by atoms with E-state index >= 15 is 0 Å². The molecule has 0 amide bonds. The van der Waals surface area contributed by atoms with Gasteiger partial charge in [-0.25, -0.2) is 4.39 Å². The number of rotatable bonds is 7. The zero-order valence-corrected chi connectivity index (χ0v) is 10.6. The predicted octanol–water partition coefficient (Wildman–Crippen LogP) is 2.83. The van der Waals surface area contributed by atoms with Crippen molar-refractivity contribution in [1.82, 2.24) is 4.57 Å². The molecule has 0 fully saturated rings. The van der Waals surface area contributed by atoms with Crippen LogP contribution in [0.15, 0.2) is 30.5 Å². The molecule has 2 rings (SSSR count). The Bertz CT molecular complexity index is 495. The summed E-state index contributed by atoms with van der Waals surface area (Å²) in [4.78, 5) is 0. The molecule has 0 N–H and O–H groups in total. The highest BCUT2D eigenvalue weighted by molar-refractivity contribution is 5.80. The fraction of sp³-hybridized carbons (Fsp3) is 0.429. The quantitative estimate of drug-likeness (QED) is 0.706. The van der Waals surface area contributed by atoms with Gasteiger partial charge in [0.15, 0.2) is 0 Å². The van der Waals surface area contributed by atoms with Gasteiger partial charge >= 0.3 is 0 Å². The van der Waals surface area contributed by atoms with Crippen molar-refractivity contribution in [2.75, 3.05) is 26.9 Å². The minimum absolute atomic E-state index is 0.174. The SMILES string of the molecule is COCCCOCCn1ccc2c(F)cccc21. The minimum Gasteiger partial charge on any atom is -0.385 e. The normalized spacial score (nSPS) is 11.2. The van der Waals surface area contributed by atoms with E-state index in [4.69, 9.17) is 9.47 Å². The summed E-state index contributed by atoms with van der Waals surface area (Å²) in [6.07, 6.45) is 2.80. The zero-order valence-electron chi connectivity index (χ0n) is 10.6. The highest BCUT2D eigenvalue weighted by Gasteiger charge is 2.04. The van der Waals surface area contributed by atoms with Gasteiger partial charge in [0.1, 0.15) is 5.82 Å². The Kier molecular flexibility index (Phi) is 4.73. The Morgan fingerprint density at radius 3 is 2.89 bits per heavy atom. The van der Waals surface area contributed by atoms with Crippen molar-refractivity contribution < 1.29 is 13.9 Å². The van der Waals surface area contributed by atoms with E-state index in [-0.39, 0.29) is 5.82 Å². The summed E-state index contributed by atoms with van der Waals surface area (Å²) >= 11 is 0. The monoisotopic (exact) mass is 251 g/mol. The van der Waals surface area contributed by atoms with Crippen LogP contribution < -0.4 is 0 Å². The van der Waals surface area contributed by atoms with Gasteiger partial charge in [-0.2, -0.15) is 0 Å². The highest BCUT2D eigenvalue weighted by Crippen LogP contribution is 2.18. The van der Waals surface area contributed by atoms with Crippen molar-refractivity contribution in [2.45, 2.75) is 13.0 Å². The number of aromatic nitrogens is 1. The highest BCUT2D eigenvalue weighted by atomic mass is 19.1. The van der Waals surface area contributed by atoms with Crippen molar-refractivity contribution >= 4 is 10.9 Å². The average Bonchev–Trinajstić information content (AvgIpc) is 2.79. The number of methoxy groups -OCH3 is 1. The number of ether oxygens (including phenoxy) is 2. The van der Waals surface area contributed by atoms with Crippen LogP contribution in [0, 0.1) is 5.82 Å². The number of nitrogens with zero attached hydrogens (tertiary/aromatic N) is 1. The number of hydrogen-bond acceptors (Lipinski definition) is 2. The molecule has 0 saturated carbocycles. The van der Waals surface area contributed by atoms with Gasteiger partial charge in [-0.3, -0.25) is 0 Å². The van der Waals surface area contributed by atoms with Crippen molar-refractivity contribution in [3.63, 3.8) is 0 Å². The van der Waals surface area contributed by atoms with Crippen LogP contribution in [0.25, 0.3) is 10.9 Å². The van der Waals surface area contributed by atoms with Gasteiger partial charge in [0.25, 0.3) is 0 Å². The molecule has 0 saturated heterocycles. The summed E-state index contributed by atoms with van der Waals surface area (Å²) in [7, 11) is 1.68. The van der Waals surface area contributed by atoms with E-state index in [9.17, 15) is 4.39 Å². The summed E-state index contributed by atoms with van der Waals surface area (Å²) < 4.78 is 25.9. The molecule has 2 aromatic rings. The van der Waals surface area contributed by atoms with Crippen molar-refractivity contribution in [3.05, 3.63) is 36.3 Å². The first-order valence-electron chi connectivity index (χ1n) is 6.13. The van der Waals surface area contributed by atoms with E-state index in [1.807, 2.05) is 16.8 Å².